The normalized spacial score (nSPS) is 23.4. The molecule has 18 heavy (non-hydrogen) atoms. The lowest BCUT2D eigenvalue weighted by molar-refractivity contribution is -0.130. The van der Waals surface area contributed by atoms with E-state index in [2.05, 4.69) is 16.8 Å². The molecule has 0 bridgehead atoms. The minimum Gasteiger partial charge on any atom is -0.343 e. The van der Waals surface area contributed by atoms with E-state index < -0.39 is 0 Å². The Labute approximate surface area is 112 Å². The number of amides is 1. The second-order valence-corrected chi connectivity index (χ2v) is 5.08. The highest BCUT2D eigenvalue weighted by Gasteiger charge is 2.27. The number of piperidine rings is 1. The predicted octanol–water partition coefficient (Wildman–Crippen LogP) is 1.27. The first kappa shape index (κ1) is 15.4. The van der Waals surface area contributed by atoms with Gasteiger partial charge in [-0.05, 0) is 19.9 Å². The van der Waals surface area contributed by atoms with Crippen LogP contribution in [0.4, 0.5) is 0 Å². The van der Waals surface area contributed by atoms with Crippen LogP contribution >= 0.6 is 0 Å². The molecule has 2 rings (SSSR count). The van der Waals surface area contributed by atoms with Crippen molar-refractivity contribution in [1.82, 2.24) is 14.7 Å². The highest BCUT2D eigenvalue weighted by molar-refractivity contribution is 5.73. The Morgan fingerprint density at radius 1 is 0.944 bits per heavy atom. The Morgan fingerprint density at radius 3 is 1.89 bits per heavy atom. The summed E-state index contributed by atoms with van der Waals surface area (Å²) in [5.74, 6) is 0.233. The molecule has 2 aliphatic heterocycles. The number of piperazine rings is 1. The highest BCUT2D eigenvalue weighted by Crippen LogP contribution is 2.17. The van der Waals surface area contributed by atoms with Crippen LogP contribution in [0.2, 0.25) is 0 Å². The van der Waals surface area contributed by atoms with Crippen LogP contribution in [0.3, 0.4) is 0 Å². The number of rotatable bonds is 1. The lowest BCUT2D eigenvalue weighted by Gasteiger charge is -2.41. The molecule has 4 heteroatoms. The van der Waals surface area contributed by atoms with Crippen molar-refractivity contribution in [3.63, 3.8) is 0 Å². The Kier molecular flexibility index (Phi) is 6.65. The summed E-state index contributed by atoms with van der Waals surface area (Å²) in [6, 6.07) is 0.712. The molecular formula is C14H29N3O. The van der Waals surface area contributed by atoms with Crippen LogP contribution < -0.4 is 0 Å². The van der Waals surface area contributed by atoms with Gasteiger partial charge in [0.2, 0.25) is 5.91 Å². The molecule has 1 amide bonds. The molecular weight excluding hydrogens is 226 g/mol. The number of carbonyl (C=O) groups is 1. The maximum absolute atomic E-state index is 11.2. The van der Waals surface area contributed by atoms with Crippen molar-refractivity contribution in [2.45, 2.75) is 39.7 Å². The van der Waals surface area contributed by atoms with Gasteiger partial charge in [0.1, 0.15) is 0 Å². The molecule has 0 aliphatic carbocycles. The molecule has 2 heterocycles. The standard InChI is InChI=1S/C12H23N3O.C2H6/c1-11(16)14-5-3-12(4-6-14)15-9-7-13(2)8-10-15;1-2/h12H,3-10H2,1-2H3;1-2H3. The molecule has 0 atom stereocenters. The van der Waals surface area contributed by atoms with E-state index in [9.17, 15) is 4.79 Å². The smallest absolute Gasteiger partial charge is 0.219 e. The van der Waals surface area contributed by atoms with Crippen LogP contribution in [0.25, 0.3) is 0 Å². The monoisotopic (exact) mass is 255 g/mol. The molecule has 0 N–H and O–H groups in total. The number of hydrogen-bond donors (Lipinski definition) is 0. The van der Waals surface area contributed by atoms with E-state index in [0.29, 0.717) is 6.04 Å². The largest absolute Gasteiger partial charge is 0.343 e. The third kappa shape index (κ3) is 4.25. The van der Waals surface area contributed by atoms with Crippen molar-refractivity contribution in [3.05, 3.63) is 0 Å². The molecule has 0 saturated carbocycles. The summed E-state index contributed by atoms with van der Waals surface area (Å²) in [7, 11) is 2.19. The number of likely N-dealkylation sites (tertiary alicyclic amines) is 1. The fraction of sp³-hybridized carbons (Fsp3) is 0.929. The van der Waals surface area contributed by atoms with Gasteiger partial charge in [0, 0.05) is 52.2 Å². The van der Waals surface area contributed by atoms with Gasteiger partial charge < -0.3 is 9.80 Å². The number of likely N-dealkylation sites (N-methyl/N-ethyl adjacent to an activating group) is 1. The van der Waals surface area contributed by atoms with Gasteiger partial charge in [0.05, 0.1) is 0 Å². The topological polar surface area (TPSA) is 26.8 Å². The van der Waals surface area contributed by atoms with Crippen molar-refractivity contribution in [1.29, 1.82) is 0 Å². The molecule has 0 spiro atoms. The summed E-state index contributed by atoms with van der Waals surface area (Å²) in [4.78, 5) is 18.2. The van der Waals surface area contributed by atoms with E-state index in [0.717, 1.165) is 25.9 Å². The van der Waals surface area contributed by atoms with E-state index in [4.69, 9.17) is 0 Å². The Balaban J connectivity index is 0.000000771. The van der Waals surface area contributed by atoms with Crippen LogP contribution in [-0.4, -0.2) is 73.0 Å². The van der Waals surface area contributed by atoms with Crippen LogP contribution in [0.1, 0.15) is 33.6 Å². The summed E-state index contributed by atoms with van der Waals surface area (Å²) in [5.41, 5.74) is 0. The SMILES string of the molecule is CC.CC(=O)N1CCC(N2CCN(C)CC2)CC1. The fourth-order valence-electron chi connectivity index (χ4n) is 2.73. The lowest BCUT2D eigenvalue weighted by atomic mass is 10.0. The first-order valence-corrected chi connectivity index (χ1v) is 7.35. The van der Waals surface area contributed by atoms with Crippen molar-refractivity contribution in [2.75, 3.05) is 46.3 Å². The summed E-state index contributed by atoms with van der Waals surface area (Å²) in [6.45, 7) is 12.3. The molecule has 2 aliphatic rings. The zero-order chi connectivity index (χ0) is 13.5. The molecule has 2 fully saturated rings. The molecule has 106 valence electrons. The van der Waals surface area contributed by atoms with Gasteiger partial charge in [0.25, 0.3) is 0 Å². The maximum atomic E-state index is 11.2. The van der Waals surface area contributed by atoms with Gasteiger partial charge in [0.15, 0.2) is 0 Å². The Hall–Kier alpha value is -0.610. The van der Waals surface area contributed by atoms with Crippen LogP contribution in [0, 0.1) is 0 Å². The van der Waals surface area contributed by atoms with Crippen molar-refractivity contribution in [3.8, 4) is 0 Å². The van der Waals surface area contributed by atoms with E-state index in [1.807, 2.05) is 18.7 Å². The molecule has 2 saturated heterocycles. The van der Waals surface area contributed by atoms with Gasteiger partial charge in [-0.15, -0.1) is 0 Å². The summed E-state index contributed by atoms with van der Waals surface area (Å²) < 4.78 is 0. The van der Waals surface area contributed by atoms with E-state index >= 15 is 0 Å². The quantitative estimate of drug-likeness (QED) is 0.706. The van der Waals surface area contributed by atoms with Crippen LogP contribution in [0.15, 0.2) is 0 Å². The average molecular weight is 255 g/mol. The molecule has 0 aromatic rings. The van der Waals surface area contributed by atoms with E-state index in [1.165, 1.54) is 26.2 Å². The third-order valence-electron chi connectivity index (χ3n) is 3.96. The van der Waals surface area contributed by atoms with Gasteiger partial charge in [-0.1, -0.05) is 13.8 Å². The fourth-order valence-corrected chi connectivity index (χ4v) is 2.73. The molecule has 0 aromatic carbocycles. The number of carbonyl (C=O) groups excluding carboxylic acids is 1. The van der Waals surface area contributed by atoms with E-state index in [1.54, 1.807) is 6.92 Å². The van der Waals surface area contributed by atoms with Gasteiger partial charge in [-0.3, -0.25) is 9.69 Å². The van der Waals surface area contributed by atoms with E-state index in [-0.39, 0.29) is 5.91 Å². The molecule has 4 nitrogen and oxygen atoms in total. The number of nitrogens with zero attached hydrogens (tertiary/aromatic N) is 3. The van der Waals surface area contributed by atoms with Gasteiger partial charge >= 0.3 is 0 Å². The highest BCUT2D eigenvalue weighted by atomic mass is 16.2. The zero-order valence-corrected chi connectivity index (χ0v) is 12.5. The minimum absolute atomic E-state index is 0.233. The summed E-state index contributed by atoms with van der Waals surface area (Å²) in [6.07, 6.45) is 2.31. The second kappa shape index (κ2) is 7.74. The molecule has 0 radical (unpaired) electrons. The molecule has 0 aromatic heterocycles. The van der Waals surface area contributed by atoms with Crippen molar-refractivity contribution >= 4 is 5.91 Å². The Bertz CT molecular complexity index is 241. The van der Waals surface area contributed by atoms with Crippen molar-refractivity contribution < 1.29 is 4.79 Å². The summed E-state index contributed by atoms with van der Waals surface area (Å²) >= 11 is 0. The van der Waals surface area contributed by atoms with Crippen LogP contribution in [0.5, 0.6) is 0 Å². The van der Waals surface area contributed by atoms with Crippen LogP contribution in [-0.2, 0) is 4.79 Å². The zero-order valence-electron chi connectivity index (χ0n) is 12.5. The third-order valence-corrected chi connectivity index (χ3v) is 3.96. The Morgan fingerprint density at radius 2 is 1.44 bits per heavy atom. The first-order chi connectivity index (χ1) is 8.66. The predicted molar refractivity (Wildman–Crippen MR) is 75.7 cm³/mol. The van der Waals surface area contributed by atoms with Gasteiger partial charge in [-0.2, -0.15) is 0 Å². The second-order valence-electron chi connectivity index (χ2n) is 5.08. The summed E-state index contributed by atoms with van der Waals surface area (Å²) in [5, 5.41) is 0. The number of hydrogen-bond acceptors (Lipinski definition) is 3. The first-order valence-electron chi connectivity index (χ1n) is 7.35. The maximum Gasteiger partial charge on any atom is 0.219 e. The average Bonchev–Trinajstić information content (AvgIpc) is 2.42. The minimum atomic E-state index is 0.233. The van der Waals surface area contributed by atoms with Gasteiger partial charge in [-0.25, -0.2) is 0 Å². The van der Waals surface area contributed by atoms with Crippen molar-refractivity contribution in [2.24, 2.45) is 0 Å². The lowest BCUT2D eigenvalue weighted by Crippen LogP contribution is -2.52. The molecule has 0 unspecified atom stereocenters.